The molecule has 4 heteroatoms. The minimum Gasteiger partial charge on any atom is -0.394 e. The van der Waals surface area contributed by atoms with E-state index < -0.39 is 12.1 Å². The molecule has 4 nitrogen and oxygen atoms in total. The molecule has 3 N–H and O–H groups in total. The van der Waals surface area contributed by atoms with Crippen molar-refractivity contribution in [2.24, 2.45) is 0 Å². The van der Waals surface area contributed by atoms with Gasteiger partial charge in [-0.3, -0.25) is 4.79 Å². The smallest absolute Gasteiger partial charge is 0.220 e. The summed E-state index contributed by atoms with van der Waals surface area (Å²) in [6, 6.07) is -0.649. The zero-order chi connectivity index (χ0) is 56.2. The number of hydrogen-bond acceptors (Lipinski definition) is 3. The Hall–Kier alpha value is -3.21. The molecule has 1 amide bonds. The fourth-order valence-electron chi connectivity index (χ4n) is 9.86. The maximum Gasteiger partial charge on any atom is 0.220 e. The third kappa shape index (κ3) is 63.6. The Kier molecular flexibility index (Phi) is 65.3. The monoisotopic (exact) mass is 1080 g/mol. The summed E-state index contributed by atoms with van der Waals surface area (Å²) in [5.74, 6) is -0.0772. The average Bonchev–Trinajstić information content (AvgIpc) is 3.44. The summed E-state index contributed by atoms with van der Waals surface area (Å²) in [5.41, 5.74) is 0. The van der Waals surface area contributed by atoms with Crippen molar-refractivity contribution >= 4 is 5.91 Å². The first kappa shape index (κ1) is 74.8. The van der Waals surface area contributed by atoms with Gasteiger partial charge >= 0.3 is 0 Å². The quantitative estimate of drug-likeness (QED) is 0.0420. The second kappa shape index (κ2) is 68.1. The number of carbonyl (C=O) groups is 1. The van der Waals surface area contributed by atoms with Gasteiger partial charge in [0.1, 0.15) is 0 Å². The summed E-state index contributed by atoms with van der Waals surface area (Å²) in [6.45, 7) is 4.20. The van der Waals surface area contributed by atoms with Gasteiger partial charge in [-0.1, -0.05) is 341 Å². The third-order valence-corrected chi connectivity index (χ3v) is 14.9. The predicted molar refractivity (Wildman–Crippen MR) is 349 cm³/mol. The molecule has 0 radical (unpaired) electrons. The lowest BCUT2D eigenvalue weighted by Gasteiger charge is -2.19. The van der Waals surface area contributed by atoms with Crippen molar-refractivity contribution in [2.75, 3.05) is 6.61 Å². The second-order valence-electron chi connectivity index (χ2n) is 22.5. The first-order valence-corrected chi connectivity index (χ1v) is 33.7. The van der Waals surface area contributed by atoms with Crippen LogP contribution >= 0.6 is 0 Å². The topological polar surface area (TPSA) is 69.6 Å². The van der Waals surface area contributed by atoms with Gasteiger partial charge in [-0.15, -0.1) is 0 Å². The molecule has 448 valence electrons. The molecule has 0 rings (SSSR count). The number of amides is 1. The Morgan fingerprint density at radius 2 is 0.577 bits per heavy atom. The molecule has 78 heavy (non-hydrogen) atoms. The third-order valence-electron chi connectivity index (χ3n) is 14.9. The van der Waals surface area contributed by atoms with E-state index >= 15 is 0 Å². The van der Waals surface area contributed by atoms with Crippen LogP contribution in [0.2, 0.25) is 0 Å². The maximum absolute atomic E-state index is 12.5. The van der Waals surface area contributed by atoms with Gasteiger partial charge in [0.2, 0.25) is 5.91 Å². The maximum atomic E-state index is 12.5. The minimum atomic E-state index is -0.872. The van der Waals surface area contributed by atoms with Crippen LogP contribution in [0.25, 0.3) is 0 Å². The van der Waals surface area contributed by atoms with Crippen molar-refractivity contribution in [3.63, 3.8) is 0 Å². The van der Waals surface area contributed by atoms with Crippen LogP contribution < -0.4 is 5.32 Å². The standard InChI is InChI=1S/C74H129NO3/c1-3-5-7-9-11-13-15-17-19-21-23-25-27-29-31-33-34-35-36-37-38-39-40-42-44-46-48-50-52-54-56-58-60-62-64-66-68-70-74(78)75-72(71-76)73(77)69-67-65-63-61-59-57-55-53-51-49-47-45-43-41-32-30-28-26-24-22-20-18-16-14-12-10-8-6-4-2/h5,7,11,13,17,19,23,25,29,31,34-35,37-38,40,42,59,61,67,69,72-73,76-77H,3-4,6,8-10,12,14-16,18,20-22,24,26-28,30,32-33,36,39,41,43-58,60,62-66,68,70-71H2,1-2H3,(H,75,78)/b7-5-,13-11-,19-17-,25-23-,31-29-,35-34-,38-37-,42-40-,61-59+,69-67+. The van der Waals surface area contributed by atoms with E-state index in [2.05, 4.69) is 129 Å². The van der Waals surface area contributed by atoms with E-state index in [9.17, 15) is 15.0 Å². The first-order valence-electron chi connectivity index (χ1n) is 33.7. The van der Waals surface area contributed by atoms with Crippen LogP contribution in [-0.4, -0.2) is 34.9 Å². The molecule has 0 aliphatic heterocycles. The molecule has 0 aromatic rings. The molecule has 0 aliphatic carbocycles. The molecule has 0 heterocycles. The van der Waals surface area contributed by atoms with Gasteiger partial charge in [0, 0.05) is 6.42 Å². The molecule has 0 bridgehead atoms. The molecule has 0 aromatic heterocycles. The van der Waals surface area contributed by atoms with Gasteiger partial charge in [0.05, 0.1) is 18.8 Å². The highest BCUT2D eigenvalue weighted by molar-refractivity contribution is 5.76. The van der Waals surface area contributed by atoms with Crippen LogP contribution in [0.15, 0.2) is 122 Å². The molecule has 0 aliphatic rings. The van der Waals surface area contributed by atoms with Crippen molar-refractivity contribution in [1.82, 2.24) is 5.32 Å². The molecule has 0 spiro atoms. The Labute approximate surface area is 486 Å². The Bertz CT molecular complexity index is 1510. The number of aliphatic hydroxyl groups excluding tert-OH is 2. The number of aliphatic hydroxyl groups is 2. The van der Waals surface area contributed by atoms with Crippen molar-refractivity contribution < 1.29 is 15.0 Å². The fourth-order valence-corrected chi connectivity index (χ4v) is 9.86. The van der Waals surface area contributed by atoms with E-state index in [1.807, 2.05) is 6.08 Å². The van der Waals surface area contributed by atoms with Crippen LogP contribution in [0.1, 0.15) is 322 Å². The van der Waals surface area contributed by atoms with Gasteiger partial charge in [-0.2, -0.15) is 0 Å². The summed E-state index contributed by atoms with van der Waals surface area (Å²) >= 11 is 0. The number of rotatable bonds is 61. The summed E-state index contributed by atoms with van der Waals surface area (Å²) < 4.78 is 0. The molecule has 0 fully saturated rings. The van der Waals surface area contributed by atoms with Gasteiger partial charge < -0.3 is 15.5 Å². The summed E-state index contributed by atoms with van der Waals surface area (Å²) in [6.07, 6.45) is 104. The Morgan fingerprint density at radius 3 is 0.897 bits per heavy atom. The molecule has 0 saturated carbocycles. The Morgan fingerprint density at radius 1 is 0.321 bits per heavy atom. The van der Waals surface area contributed by atoms with Crippen LogP contribution in [0, 0.1) is 0 Å². The normalized spacial score (nSPS) is 13.5. The highest BCUT2D eigenvalue weighted by Crippen LogP contribution is 2.17. The second-order valence-corrected chi connectivity index (χ2v) is 22.5. The average molecular weight is 1080 g/mol. The van der Waals surface area contributed by atoms with E-state index in [4.69, 9.17) is 0 Å². The number of allylic oxidation sites excluding steroid dienone is 19. The van der Waals surface area contributed by atoms with E-state index in [1.165, 1.54) is 218 Å². The van der Waals surface area contributed by atoms with Gasteiger partial charge in [-0.25, -0.2) is 0 Å². The van der Waals surface area contributed by atoms with Crippen LogP contribution in [-0.2, 0) is 4.79 Å². The van der Waals surface area contributed by atoms with Gasteiger partial charge in [0.25, 0.3) is 0 Å². The molecular formula is C74H129NO3. The zero-order valence-electron chi connectivity index (χ0n) is 51.7. The van der Waals surface area contributed by atoms with Gasteiger partial charge in [0.15, 0.2) is 0 Å². The largest absolute Gasteiger partial charge is 0.394 e. The number of hydrogen-bond donors (Lipinski definition) is 3. The van der Waals surface area contributed by atoms with Crippen molar-refractivity contribution in [3.05, 3.63) is 122 Å². The fraction of sp³-hybridized carbons (Fsp3) is 0.716. The summed E-state index contributed by atoms with van der Waals surface area (Å²) in [5, 5.41) is 23.3. The SMILES string of the molecule is CC/C=C\C/C=C\C/C=C\C/C=C\C/C=C\C/C=C\C/C=C\C/C=C\CCCCCCCCCCCCCCC(=O)NC(CO)C(O)/C=C/CC/C=C/CCCCCCCCCCCCCCCCCCCCCCCCC. The molecular weight excluding hydrogens is 951 g/mol. The lowest BCUT2D eigenvalue weighted by molar-refractivity contribution is -0.123. The number of nitrogens with one attached hydrogen (secondary N) is 1. The summed E-state index contributed by atoms with van der Waals surface area (Å²) in [4.78, 5) is 12.5. The number of unbranched alkanes of at least 4 members (excludes halogenated alkanes) is 36. The Balaban J connectivity index is 3.56. The molecule has 2 atom stereocenters. The van der Waals surface area contributed by atoms with E-state index in [1.54, 1.807) is 6.08 Å². The van der Waals surface area contributed by atoms with E-state index in [-0.39, 0.29) is 12.5 Å². The molecule has 0 saturated heterocycles. The first-order chi connectivity index (χ1) is 38.7. The summed E-state index contributed by atoms with van der Waals surface area (Å²) in [7, 11) is 0. The van der Waals surface area contributed by atoms with Crippen LogP contribution in [0.5, 0.6) is 0 Å². The molecule has 0 aromatic carbocycles. The lowest BCUT2D eigenvalue weighted by atomic mass is 10.0. The highest BCUT2D eigenvalue weighted by atomic mass is 16.3. The highest BCUT2D eigenvalue weighted by Gasteiger charge is 2.18. The van der Waals surface area contributed by atoms with E-state index in [0.29, 0.717) is 6.42 Å². The van der Waals surface area contributed by atoms with Crippen LogP contribution in [0.4, 0.5) is 0 Å². The lowest BCUT2D eigenvalue weighted by Crippen LogP contribution is -2.45. The predicted octanol–water partition coefficient (Wildman–Crippen LogP) is 23.2. The van der Waals surface area contributed by atoms with Crippen LogP contribution in [0.3, 0.4) is 0 Å². The number of carbonyl (C=O) groups excluding carboxylic acids is 1. The van der Waals surface area contributed by atoms with Crippen molar-refractivity contribution in [2.45, 2.75) is 334 Å². The van der Waals surface area contributed by atoms with E-state index in [0.717, 1.165) is 83.5 Å². The zero-order valence-corrected chi connectivity index (χ0v) is 51.7. The van der Waals surface area contributed by atoms with Gasteiger partial charge in [-0.05, 0) is 96.3 Å². The van der Waals surface area contributed by atoms with Crippen molar-refractivity contribution in [1.29, 1.82) is 0 Å². The van der Waals surface area contributed by atoms with Crippen molar-refractivity contribution in [3.8, 4) is 0 Å². The molecule has 2 unspecified atom stereocenters. The minimum absolute atomic E-state index is 0.0772.